The van der Waals surface area contributed by atoms with Gasteiger partial charge in [-0.1, -0.05) is 0 Å². The van der Waals surface area contributed by atoms with Crippen LogP contribution in [-0.2, 0) is 14.9 Å². The minimum atomic E-state index is -4.32. The zero-order valence-corrected chi connectivity index (χ0v) is 18.2. The van der Waals surface area contributed by atoms with Crippen LogP contribution in [-0.4, -0.2) is 31.6 Å². The molecule has 1 N–H and O–H groups in total. The number of benzene rings is 2. The minimum Gasteiger partial charge on any atom is -0.493 e. The van der Waals surface area contributed by atoms with Gasteiger partial charge in [0.1, 0.15) is 4.90 Å². The minimum absolute atomic E-state index is 0.0384. The maximum absolute atomic E-state index is 12.6. The molecule has 1 aliphatic heterocycles. The molecular weight excluding hydrogens is 504 g/mol. The fourth-order valence-electron chi connectivity index (χ4n) is 2.37. The molecule has 30 heavy (non-hydrogen) atoms. The highest BCUT2D eigenvalue weighted by molar-refractivity contribution is 9.10. The molecular formula is C17H11BrN2O8S2. The summed E-state index contributed by atoms with van der Waals surface area (Å²) in [6, 6.07) is 7.11. The summed E-state index contributed by atoms with van der Waals surface area (Å²) in [4.78, 5) is 32.9. The summed E-state index contributed by atoms with van der Waals surface area (Å²) in [5.41, 5.74) is 0.184. The van der Waals surface area contributed by atoms with Gasteiger partial charge in [0.15, 0.2) is 11.5 Å². The Morgan fingerprint density at radius 1 is 1.20 bits per heavy atom. The number of nitro groups is 1. The number of nitro benzene ring substituents is 1. The smallest absolute Gasteiger partial charge is 0.339 e. The summed E-state index contributed by atoms with van der Waals surface area (Å²) < 4.78 is 35.7. The molecule has 1 aliphatic rings. The molecule has 2 aromatic rings. The number of rotatable bonds is 6. The second-order valence-corrected chi connectivity index (χ2v) is 9.09. The number of methoxy groups -OCH3 is 1. The summed E-state index contributed by atoms with van der Waals surface area (Å²) in [7, 11) is -3.03. The van der Waals surface area contributed by atoms with Crippen molar-refractivity contribution in [2.24, 2.45) is 0 Å². The average molecular weight is 515 g/mol. The lowest BCUT2D eigenvalue weighted by molar-refractivity contribution is -0.384. The molecule has 0 bridgehead atoms. The van der Waals surface area contributed by atoms with Crippen LogP contribution >= 0.6 is 27.7 Å². The molecule has 10 nitrogen and oxygen atoms in total. The van der Waals surface area contributed by atoms with E-state index in [2.05, 4.69) is 21.2 Å². The average Bonchev–Trinajstić information content (AvgIpc) is 3.00. The van der Waals surface area contributed by atoms with E-state index in [-0.39, 0.29) is 31.5 Å². The number of carbonyl (C=O) groups is 2. The predicted octanol–water partition coefficient (Wildman–Crippen LogP) is 3.46. The summed E-state index contributed by atoms with van der Waals surface area (Å²) in [5.74, 6) is -0.657. The van der Waals surface area contributed by atoms with Crippen molar-refractivity contribution in [1.82, 2.24) is 5.32 Å². The van der Waals surface area contributed by atoms with Crippen molar-refractivity contribution in [3.8, 4) is 11.5 Å². The SMILES string of the molecule is COc1cc(/C=C2\SC(=O)NC2=O)cc(Br)c1OS(=O)(=O)c1ccc([N+](=O)[O-])cc1. The number of carbonyl (C=O) groups excluding carboxylic acids is 2. The molecule has 2 aromatic carbocycles. The fraction of sp³-hybridized carbons (Fsp3) is 0.0588. The number of ether oxygens (including phenoxy) is 1. The van der Waals surface area contributed by atoms with E-state index in [4.69, 9.17) is 8.92 Å². The van der Waals surface area contributed by atoms with E-state index >= 15 is 0 Å². The highest BCUT2D eigenvalue weighted by Crippen LogP contribution is 2.39. The maximum atomic E-state index is 12.6. The Balaban J connectivity index is 1.94. The van der Waals surface area contributed by atoms with E-state index in [9.17, 15) is 28.1 Å². The maximum Gasteiger partial charge on any atom is 0.339 e. The van der Waals surface area contributed by atoms with Gasteiger partial charge in [0.2, 0.25) is 0 Å². The molecule has 0 aliphatic carbocycles. The molecule has 0 unspecified atom stereocenters. The second kappa shape index (κ2) is 8.45. The monoisotopic (exact) mass is 514 g/mol. The van der Waals surface area contributed by atoms with Crippen LogP contribution < -0.4 is 14.2 Å². The van der Waals surface area contributed by atoms with Crippen molar-refractivity contribution >= 4 is 60.7 Å². The number of halogens is 1. The van der Waals surface area contributed by atoms with Gasteiger partial charge in [0.05, 0.1) is 21.4 Å². The van der Waals surface area contributed by atoms with E-state index in [1.165, 1.54) is 25.3 Å². The van der Waals surface area contributed by atoms with Gasteiger partial charge in [-0.05, 0) is 63.6 Å². The first-order valence-electron chi connectivity index (χ1n) is 7.92. The topological polar surface area (TPSA) is 142 Å². The van der Waals surface area contributed by atoms with E-state index in [0.29, 0.717) is 5.56 Å². The van der Waals surface area contributed by atoms with Gasteiger partial charge in [-0.15, -0.1) is 0 Å². The van der Waals surface area contributed by atoms with Gasteiger partial charge in [-0.2, -0.15) is 8.42 Å². The predicted molar refractivity (Wildman–Crippen MR) is 111 cm³/mol. The van der Waals surface area contributed by atoms with Crippen molar-refractivity contribution in [2.45, 2.75) is 4.90 Å². The zero-order chi connectivity index (χ0) is 22.1. The fourth-order valence-corrected chi connectivity index (χ4v) is 4.66. The molecule has 0 saturated carbocycles. The molecule has 0 atom stereocenters. The molecule has 1 heterocycles. The van der Waals surface area contributed by atoms with Crippen LogP contribution in [0.3, 0.4) is 0 Å². The molecule has 2 amide bonds. The van der Waals surface area contributed by atoms with Gasteiger partial charge in [0.25, 0.3) is 16.8 Å². The van der Waals surface area contributed by atoms with Crippen LogP contribution in [0.5, 0.6) is 11.5 Å². The summed E-state index contributed by atoms with van der Waals surface area (Å²) in [5, 5.41) is 12.4. The normalized spacial score (nSPS) is 15.2. The van der Waals surface area contributed by atoms with Crippen molar-refractivity contribution in [2.75, 3.05) is 7.11 Å². The van der Waals surface area contributed by atoms with Crippen LogP contribution in [0.4, 0.5) is 10.5 Å². The largest absolute Gasteiger partial charge is 0.493 e. The van der Waals surface area contributed by atoms with Gasteiger partial charge >= 0.3 is 10.1 Å². The lowest BCUT2D eigenvalue weighted by Gasteiger charge is -2.13. The van der Waals surface area contributed by atoms with E-state index in [1.807, 2.05) is 0 Å². The Labute approximate surface area is 182 Å². The van der Waals surface area contributed by atoms with Gasteiger partial charge < -0.3 is 8.92 Å². The molecule has 156 valence electrons. The Kier molecular flexibility index (Phi) is 6.14. The number of imide groups is 1. The van der Waals surface area contributed by atoms with E-state index < -0.39 is 26.2 Å². The van der Waals surface area contributed by atoms with Gasteiger partial charge in [-0.3, -0.25) is 25.0 Å². The molecule has 1 saturated heterocycles. The zero-order valence-electron chi connectivity index (χ0n) is 14.9. The molecule has 3 rings (SSSR count). The van der Waals surface area contributed by atoms with E-state index in [1.54, 1.807) is 0 Å². The first-order valence-corrected chi connectivity index (χ1v) is 10.9. The summed E-state index contributed by atoms with van der Waals surface area (Å²) in [6.07, 6.45) is 1.44. The summed E-state index contributed by atoms with van der Waals surface area (Å²) in [6.45, 7) is 0. The third-order valence-corrected chi connectivity index (χ3v) is 6.36. The van der Waals surface area contributed by atoms with Crippen molar-refractivity contribution in [1.29, 1.82) is 0 Å². The van der Waals surface area contributed by atoms with Crippen LogP contribution in [0.25, 0.3) is 6.08 Å². The number of nitrogens with one attached hydrogen (secondary N) is 1. The Bertz CT molecular complexity index is 1190. The van der Waals surface area contributed by atoms with Gasteiger partial charge in [0, 0.05) is 12.1 Å². The number of thioether (sulfide) groups is 1. The third kappa shape index (κ3) is 4.63. The van der Waals surface area contributed by atoms with Crippen LogP contribution in [0.2, 0.25) is 0 Å². The highest BCUT2D eigenvalue weighted by atomic mass is 79.9. The molecule has 0 spiro atoms. The standard InChI is InChI=1S/C17H11BrN2O8S2/c1-27-13-7-9(8-14-16(21)19-17(22)29-14)6-12(18)15(13)28-30(25,26)11-4-2-10(3-5-11)20(23)24/h2-8H,1H3,(H,19,21,22)/b14-8-. The number of nitrogens with zero attached hydrogens (tertiary/aromatic N) is 1. The lowest BCUT2D eigenvalue weighted by Crippen LogP contribution is -2.17. The van der Waals surface area contributed by atoms with Crippen molar-refractivity contribution < 1.29 is 31.9 Å². The first-order chi connectivity index (χ1) is 14.1. The second-order valence-electron chi connectivity index (χ2n) is 5.67. The summed E-state index contributed by atoms with van der Waals surface area (Å²) >= 11 is 3.94. The van der Waals surface area contributed by atoms with Crippen LogP contribution in [0.1, 0.15) is 5.56 Å². The Hall–Kier alpha value is -2.90. The van der Waals surface area contributed by atoms with E-state index in [0.717, 1.165) is 36.0 Å². The Morgan fingerprint density at radius 3 is 2.40 bits per heavy atom. The number of amides is 2. The van der Waals surface area contributed by atoms with Gasteiger partial charge in [-0.25, -0.2) is 0 Å². The number of hydrogen-bond acceptors (Lipinski definition) is 9. The van der Waals surface area contributed by atoms with Crippen molar-refractivity contribution in [3.63, 3.8) is 0 Å². The number of hydrogen-bond donors (Lipinski definition) is 1. The highest BCUT2D eigenvalue weighted by Gasteiger charge is 2.26. The third-order valence-electron chi connectivity index (χ3n) is 3.72. The van der Waals surface area contributed by atoms with Crippen LogP contribution in [0.15, 0.2) is 50.7 Å². The molecule has 0 aromatic heterocycles. The Morgan fingerprint density at radius 2 is 1.87 bits per heavy atom. The van der Waals surface area contributed by atoms with Crippen molar-refractivity contribution in [3.05, 3.63) is 61.5 Å². The molecule has 13 heteroatoms. The molecule has 1 fully saturated rings. The number of non-ortho nitro benzene ring substituents is 1. The lowest BCUT2D eigenvalue weighted by atomic mass is 10.2. The molecule has 0 radical (unpaired) electrons. The first kappa shape index (κ1) is 21.8. The van der Waals surface area contributed by atoms with Crippen LogP contribution in [0, 0.1) is 10.1 Å². The quantitative estimate of drug-likeness (QED) is 0.265.